The van der Waals surface area contributed by atoms with Gasteiger partial charge in [0.05, 0.1) is 4.90 Å². The molecular formula is C17H15NO4S. The number of hydrogen-bond acceptors (Lipinski definition) is 5. The van der Waals surface area contributed by atoms with Crippen LogP contribution < -0.4 is 4.74 Å². The second-order valence-electron chi connectivity index (χ2n) is 5.08. The fourth-order valence-electron chi connectivity index (χ4n) is 2.06. The quantitative estimate of drug-likeness (QED) is 0.718. The van der Waals surface area contributed by atoms with Crippen molar-refractivity contribution >= 4 is 9.84 Å². The topological polar surface area (TPSA) is 69.4 Å². The first-order chi connectivity index (χ1) is 11.0. The molecule has 23 heavy (non-hydrogen) atoms. The molecule has 1 aromatic heterocycles. The first kappa shape index (κ1) is 15.3. The smallest absolute Gasteiger partial charge is 0.175 e. The lowest BCUT2D eigenvalue weighted by molar-refractivity contribution is 0.290. The van der Waals surface area contributed by atoms with E-state index < -0.39 is 9.84 Å². The molecule has 0 atom stereocenters. The summed E-state index contributed by atoms with van der Waals surface area (Å²) in [7, 11) is -3.20. The Balaban J connectivity index is 1.66. The van der Waals surface area contributed by atoms with Crippen LogP contribution in [0.4, 0.5) is 0 Å². The SMILES string of the molecule is CS(=O)(=O)c1ccc(OCc2cc(-c3ccccc3)on2)cc1. The molecule has 0 aliphatic rings. The van der Waals surface area contributed by atoms with Crippen molar-refractivity contribution < 1.29 is 17.7 Å². The summed E-state index contributed by atoms with van der Waals surface area (Å²) >= 11 is 0. The van der Waals surface area contributed by atoms with Crippen LogP contribution in [0.25, 0.3) is 11.3 Å². The maximum atomic E-state index is 11.4. The fourth-order valence-corrected chi connectivity index (χ4v) is 2.69. The summed E-state index contributed by atoms with van der Waals surface area (Å²) in [6.07, 6.45) is 1.17. The highest BCUT2D eigenvalue weighted by Gasteiger charge is 2.09. The standard InChI is InChI=1S/C17H15NO4S/c1-23(19,20)16-9-7-15(8-10-16)21-12-14-11-17(22-18-14)13-5-3-2-4-6-13/h2-11H,12H2,1H3. The third-order valence-electron chi connectivity index (χ3n) is 3.26. The van der Waals surface area contributed by atoms with Crippen LogP contribution in [0, 0.1) is 0 Å². The van der Waals surface area contributed by atoms with Gasteiger partial charge >= 0.3 is 0 Å². The lowest BCUT2D eigenvalue weighted by Crippen LogP contribution is -1.98. The van der Waals surface area contributed by atoms with Gasteiger partial charge in [-0.05, 0) is 24.3 Å². The minimum absolute atomic E-state index is 0.245. The molecule has 0 spiro atoms. The lowest BCUT2D eigenvalue weighted by Gasteiger charge is -2.04. The molecule has 0 aliphatic carbocycles. The van der Waals surface area contributed by atoms with Gasteiger partial charge in [0, 0.05) is 17.9 Å². The first-order valence-electron chi connectivity index (χ1n) is 6.96. The van der Waals surface area contributed by atoms with Gasteiger partial charge in [0.15, 0.2) is 15.6 Å². The zero-order chi connectivity index (χ0) is 16.3. The van der Waals surface area contributed by atoms with Gasteiger partial charge in [-0.1, -0.05) is 35.5 Å². The van der Waals surface area contributed by atoms with Crippen molar-refractivity contribution in [2.75, 3.05) is 6.26 Å². The summed E-state index contributed by atoms with van der Waals surface area (Å²) in [5.41, 5.74) is 1.61. The van der Waals surface area contributed by atoms with E-state index in [9.17, 15) is 8.42 Å². The molecule has 0 saturated carbocycles. The van der Waals surface area contributed by atoms with Gasteiger partial charge in [0.1, 0.15) is 18.1 Å². The molecule has 0 N–H and O–H groups in total. The molecule has 0 radical (unpaired) electrons. The number of benzene rings is 2. The molecule has 3 aromatic rings. The van der Waals surface area contributed by atoms with E-state index in [0.717, 1.165) is 5.56 Å². The monoisotopic (exact) mass is 329 g/mol. The van der Waals surface area contributed by atoms with Crippen molar-refractivity contribution in [2.45, 2.75) is 11.5 Å². The van der Waals surface area contributed by atoms with E-state index in [2.05, 4.69) is 5.16 Å². The molecule has 0 amide bonds. The predicted octanol–water partition coefficient (Wildman–Crippen LogP) is 3.32. The van der Waals surface area contributed by atoms with E-state index in [1.807, 2.05) is 36.4 Å². The van der Waals surface area contributed by atoms with Crippen molar-refractivity contribution in [1.29, 1.82) is 0 Å². The van der Waals surface area contributed by atoms with Crippen LogP contribution in [-0.4, -0.2) is 19.8 Å². The highest BCUT2D eigenvalue weighted by molar-refractivity contribution is 7.90. The largest absolute Gasteiger partial charge is 0.487 e. The average Bonchev–Trinajstić information content (AvgIpc) is 3.02. The number of sulfone groups is 1. The molecular weight excluding hydrogens is 314 g/mol. The summed E-state index contributed by atoms with van der Waals surface area (Å²) in [5, 5.41) is 3.97. The first-order valence-corrected chi connectivity index (χ1v) is 8.85. The van der Waals surface area contributed by atoms with Crippen LogP contribution in [0.5, 0.6) is 5.75 Å². The molecule has 0 saturated heterocycles. The van der Waals surface area contributed by atoms with Crippen LogP contribution in [0.3, 0.4) is 0 Å². The molecule has 3 rings (SSSR count). The van der Waals surface area contributed by atoms with E-state index in [1.54, 1.807) is 12.1 Å². The minimum Gasteiger partial charge on any atom is -0.487 e. The number of aromatic nitrogens is 1. The Morgan fingerprint density at radius 2 is 1.74 bits per heavy atom. The van der Waals surface area contributed by atoms with Gasteiger partial charge in [-0.3, -0.25) is 0 Å². The third kappa shape index (κ3) is 3.78. The maximum absolute atomic E-state index is 11.4. The van der Waals surface area contributed by atoms with Crippen molar-refractivity contribution in [3.8, 4) is 17.1 Å². The van der Waals surface area contributed by atoms with E-state index >= 15 is 0 Å². The Labute approximate surface area is 134 Å². The number of nitrogens with zero attached hydrogens (tertiary/aromatic N) is 1. The minimum atomic E-state index is -3.20. The van der Waals surface area contributed by atoms with Crippen molar-refractivity contribution in [3.05, 3.63) is 66.4 Å². The molecule has 1 heterocycles. The Morgan fingerprint density at radius 1 is 1.04 bits per heavy atom. The molecule has 118 valence electrons. The number of hydrogen-bond donors (Lipinski definition) is 0. The predicted molar refractivity (Wildman–Crippen MR) is 85.8 cm³/mol. The number of rotatable bonds is 5. The zero-order valence-corrected chi connectivity index (χ0v) is 13.3. The van der Waals surface area contributed by atoms with Gasteiger partial charge in [-0.25, -0.2) is 8.42 Å². The van der Waals surface area contributed by atoms with Gasteiger partial charge in [-0.2, -0.15) is 0 Å². The normalized spacial score (nSPS) is 11.3. The molecule has 0 bridgehead atoms. The summed E-state index contributed by atoms with van der Waals surface area (Å²) < 4.78 is 33.7. The highest BCUT2D eigenvalue weighted by Crippen LogP contribution is 2.21. The Bertz CT molecular complexity index is 884. The second-order valence-corrected chi connectivity index (χ2v) is 7.10. The average molecular weight is 329 g/mol. The maximum Gasteiger partial charge on any atom is 0.175 e. The van der Waals surface area contributed by atoms with Crippen LogP contribution in [0.2, 0.25) is 0 Å². The Kier molecular flexibility index (Phi) is 4.16. The lowest BCUT2D eigenvalue weighted by atomic mass is 10.2. The van der Waals surface area contributed by atoms with Crippen LogP contribution in [-0.2, 0) is 16.4 Å². The Morgan fingerprint density at radius 3 is 2.39 bits per heavy atom. The van der Waals surface area contributed by atoms with E-state index in [4.69, 9.17) is 9.26 Å². The molecule has 0 fully saturated rings. The molecule has 5 nitrogen and oxygen atoms in total. The summed E-state index contributed by atoms with van der Waals surface area (Å²) in [6.45, 7) is 0.245. The van der Waals surface area contributed by atoms with Gasteiger partial charge < -0.3 is 9.26 Å². The number of ether oxygens (including phenoxy) is 1. The van der Waals surface area contributed by atoms with Gasteiger partial charge in [0.25, 0.3) is 0 Å². The summed E-state index contributed by atoms with van der Waals surface area (Å²) in [5.74, 6) is 1.25. The molecule has 2 aromatic carbocycles. The fraction of sp³-hybridized carbons (Fsp3) is 0.118. The second kappa shape index (κ2) is 6.26. The van der Waals surface area contributed by atoms with Crippen molar-refractivity contribution in [2.24, 2.45) is 0 Å². The van der Waals surface area contributed by atoms with Gasteiger partial charge in [-0.15, -0.1) is 0 Å². The Hall–Kier alpha value is -2.60. The van der Waals surface area contributed by atoms with Crippen molar-refractivity contribution in [1.82, 2.24) is 5.16 Å². The van der Waals surface area contributed by atoms with Gasteiger partial charge in [0.2, 0.25) is 0 Å². The third-order valence-corrected chi connectivity index (χ3v) is 4.38. The zero-order valence-electron chi connectivity index (χ0n) is 12.5. The van der Waals surface area contributed by atoms with Crippen molar-refractivity contribution in [3.63, 3.8) is 0 Å². The van der Waals surface area contributed by atoms with Crippen LogP contribution >= 0.6 is 0 Å². The van der Waals surface area contributed by atoms with E-state index in [-0.39, 0.29) is 11.5 Å². The van der Waals surface area contributed by atoms with Crippen LogP contribution in [0.1, 0.15) is 5.69 Å². The molecule has 6 heteroatoms. The highest BCUT2D eigenvalue weighted by atomic mass is 32.2. The van der Waals surface area contributed by atoms with E-state index in [0.29, 0.717) is 17.2 Å². The van der Waals surface area contributed by atoms with Crippen LogP contribution in [0.15, 0.2) is 70.1 Å². The summed E-state index contributed by atoms with van der Waals surface area (Å²) in [4.78, 5) is 0.262. The van der Waals surface area contributed by atoms with E-state index in [1.165, 1.54) is 18.4 Å². The summed E-state index contributed by atoms with van der Waals surface area (Å²) in [6, 6.07) is 17.8. The molecule has 0 unspecified atom stereocenters. The molecule has 0 aliphatic heterocycles.